The summed E-state index contributed by atoms with van der Waals surface area (Å²) in [5.74, 6) is -1.02. The van der Waals surface area contributed by atoms with Gasteiger partial charge in [0.25, 0.3) is 11.6 Å². The van der Waals surface area contributed by atoms with Crippen LogP contribution in [0.4, 0.5) is 11.4 Å². The summed E-state index contributed by atoms with van der Waals surface area (Å²) in [6.07, 6.45) is 0. The Labute approximate surface area is 169 Å². The lowest BCUT2D eigenvalue weighted by Gasteiger charge is -2.07. The summed E-state index contributed by atoms with van der Waals surface area (Å²) in [6.45, 7) is 0. The Morgan fingerprint density at radius 3 is 2.53 bits per heavy atom. The SMILES string of the molecule is NC(=O)c1cccc(C(=O)Nc2ccc3[nH]nc(-c4cccc([N+](=O)[O-])c4)c3c2)c1. The summed E-state index contributed by atoms with van der Waals surface area (Å²) in [5.41, 5.74) is 8.07. The molecule has 0 aliphatic rings. The molecule has 0 spiro atoms. The number of hydrogen-bond acceptors (Lipinski definition) is 5. The fourth-order valence-corrected chi connectivity index (χ4v) is 3.10. The predicted octanol–water partition coefficient (Wildman–Crippen LogP) is 3.49. The minimum atomic E-state index is -0.619. The van der Waals surface area contributed by atoms with E-state index in [-0.39, 0.29) is 16.8 Å². The monoisotopic (exact) mass is 401 g/mol. The molecule has 2 amide bonds. The van der Waals surface area contributed by atoms with Gasteiger partial charge in [-0.1, -0.05) is 18.2 Å². The van der Waals surface area contributed by atoms with Crippen LogP contribution in [0.15, 0.2) is 66.7 Å². The molecule has 0 atom stereocenters. The van der Waals surface area contributed by atoms with Gasteiger partial charge in [-0.2, -0.15) is 5.10 Å². The summed E-state index contributed by atoms with van der Waals surface area (Å²) >= 11 is 0. The van der Waals surface area contributed by atoms with Crippen LogP contribution in [0.25, 0.3) is 22.2 Å². The minimum Gasteiger partial charge on any atom is -0.366 e. The summed E-state index contributed by atoms with van der Waals surface area (Å²) < 4.78 is 0. The number of nitrogens with two attached hydrogens (primary N) is 1. The van der Waals surface area contributed by atoms with Crippen molar-refractivity contribution in [1.29, 1.82) is 0 Å². The number of carbonyl (C=O) groups excluding carboxylic acids is 2. The average Bonchev–Trinajstić information content (AvgIpc) is 3.17. The van der Waals surface area contributed by atoms with Crippen molar-refractivity contribution in [2.24, 2.45) is 5.73 Å². The Kier molecular flexibility index (Phi) is 4.69. The van der Waals surface area contributed by atoms with Crippen LogP contribution < -0.4 is 11.1 Å². The summed E-state index contributed by atoms with van der Waals surface area (Å²) in [4.78, 5) is 34.5. The van der Waals surface area contributed by atoms with Crippen molar-refractivity contribution in [1.82, 2.24) is 10.2 Å². The number of aromatic nitrogens is 2. The van der Waals surface area contributed by atoms with Crippen molar-refractivity contribution in [2.45, 2.75) is 0 Å². The van der Waals surface area contributed by atoms with Gasteiger partial charge in [-0.3, -0.25) is 24.8 Å². The normalized spacial score (nSPS) is 10.7. The van der Waals surface area contributed by atoms with Crippen molar-refractivity contribution in [3.05, 3.63) is 88.0 Å². The second kappa shape index (κ2) is 7.47. The van der Waals surface area contributed by atoms with E-state index in [1.165, 1.54) is 24.3 Å². The number of rotatable bonds is 5. The number of nitro groups is 1. The van der Waals surface area contributed by atoms with Crippen LogP contribution in [0.5, 0.6) is 0 Å². The van der Waals surface area contributed by atoms with E-state index in [0.717, 1.165) is 0 Å². The van der Waals surface area contributed by atoms with E-state index < -0.39 is 16.7 Å². The summed E-state index contributed by atoms with van der Waals surface area (Å²) in [7, 11) is 0. The molecule has 0 bridgehead atoms. The molecule has 9 nitrogen and oxygen atoms in total. The van der Waals surface area contributed by atoms with Gasteiger partial charge in [0.2, 0.25) is 5.91 Å². The van der Waals surface area contributed by atoms with E-state index in [1.807, 2.05) is 0 Å². The molecule has 4 rings (SSSR count). The lowest BCUT2D eigenvalue weighted by atomic mass is 10.1. The fourth-order valence-electron chi connectivity index (χ4n) is 3.10. The first kappa shape index (κ1) is 18.8. The molecule has 1 aromatic heterocycles. The Balaban J connectivity index is 1.67. The molecule has 4 N–H and O–H groups in total. The Morgan fingerprint density at radius 2 is 1.77 bits per heavy atom. The van der Waals surface area contributed by atoms with Gasteiger partial charge in [0.15, 0.2) is 0 Å². The first-order valence-corrected chi connectivity index (χ1v) is 8.86. The van der Waals surface area contributed by atoms with Gasteiger partial charge < -0.3 is 11.1 Å². The second-order valence-electron chi connectivity index (χ2n) is 6.54. The maximum Gasteiger partial charge on any atom is 0.270 e. The van der Waals surface area contributed by atoms with Crippen LogP contribution in [0, 0.1) is 10.1 Å². The standard InChI is InChI=1S/C21H15N5O4/c22-20(27)13-4-1-5-14(9-13)21(28)23-15-7-8-18-17(11-15)19(25-24-18)12-3-2-6-16(10-12)26(29)30/h1-11H,(H2,22,27)(H,23,28)(H,24,25). The Morgan fingerprint density at radius 1 is 1.00 bits per heavy atom. The lowest BCUT2D eigenvalue weighted by Crippen LogP contribution is -2.15. The highest BCUT2D eigenvalue weighted by Crippen LogP contribution is 2.30. The smallest absolute Gasteiger partial charge is 0.270 e. The van der Waals surface area contributed by atoms with Gasteiger partial charge in [-0.05, 0) is 36.4 Å². The fraction of sp³-hybridized carbons (Fsp3) is 0. The van der Waals surface area contributed by atoms with E-state index in [2.05, 4.69) is 15.5 Å². The third kappa shape index (κ3) is 3.59. The van der Waals surface area contributed by atoms with E-state index in [0.29, 0.717) is 27.8 Å². The Hall–Kier alpha value is -4.53. The molecule has 0 saturated heterocycles. The minimum absolute atomic E-state index is 0.0394. The third-order valence-corrected chi connectivity index (χ3v) is 4.56. The zero-order chi connectivity index (χ0) is 21.3. The van der Waals surface area contributed by atoms with Crippen LogP contribution >= 0.6 is 0 Å². The van der Waals surface area contributed by atoms with Gasteiger partial charge in [0.05, 0.1) is 10.4 Å². The van der Waals surface area contributed by atoms with Crippen molar-refractivity contribution in [2.75, 3.05) is 5.32 Å². The number of nitrogens with one attached hydrogen (secondary N) is 2. The van der Waals surface area contributed by atoms with Gasteiger partial charge in [-0.15, -0.1) is 0 Å². The van der Waals surface area contributed by atoms with Gasteiger partial charge in [-0.25, -0.2) is 0 Å². The van der Waals surface area contributed by atoms with E-state index in [9.17, 15) is 19.7 Å². The molecule has 0 unspecified atom stereocenters. The zero-order valence-electron chi connectivity index (χ0n) is 15.5. The molecular formula is C21H15N5O4. The van der Waals surface area contributed by atoms with E-state index in [4.69, 9.17) is 5.73 Å². The van der Waals surface area contributed by atoms with Gasteiger partial charge in [0.1, 0.15) is 5.69 Å². The van der Waals surface area contributed by atoms with Crippen molar-refractivity contribution >= 4 is 34.1 Å². The van der Waals surface area contributed by atoms with Crippen molar-refractivity contribution < 1.29 is 14.5 Å². The van der Waals surface area contributed by atoms with Crippen LogP contribution in [0.2, 0.25) is 0 Å². The summed E-state index contributed by atoms with van der Waals surface area (Å²) in [5, 5.41) is 21.7. The van der Waals surface area contributed by atoms with E-state index in [1.54, 1.807) is 42.5 Å². The highest BCUT2D eigenvalue weighted by molar-refractivity contribution is 6.07. The lowest BCUT2D eigenvalue weighted by molar-refractivity contribution is -0.384. The van der Waals surface area contributed by atoms with Gasteiger partial charge >= 0.3 is 0 Å². The van der Waals surface area contributed by atoms with Crippen LogP contribution in [0.3, 0.4) is 0 Å². The highest BCUT2D eigenvalue weighted by atomic mass is 16.6. The molecule has 3 aromatic carbocycles. The molecular weight excluding hydrogens is 386 g/mol. The highest BCUT2D eigenvalue weighted by Gasteiger charge is 2.14. The topological polar surface area (TPSA) is 144 Å². The number of amides is 2. The number of carbonyl (C=O) groups is 2. The van der Waals surface area contributed by atoms with E-state index >= 15 is 0 Å². The number of fused-ring (bicyclic) bond motifs is 1. The molecule has 0 saturated carbocycles. The maximum atomic E-state index is 12.6. The van der Waals surface area contributed by atoms with Crippen LogP contribution in [-0.2, 0) is 0 Å². The largest absolute Gasteiger partial charge is 0.366 e. The van der Waals surface area contributed by atoms with Gasteiger partial charge in [0, 0.05) is 39.9 Å². The maximum absolute atomic E-state index is 12.6. The van der Waals surface area contributed by atoms with Crippen LogP contribution in [0.1, 0.15) is 20.7 Å². The molecule has 30 heavy (non-hydrogen) atoms. The number of nitrogens with zero attached hydrogens (tertiary/aromatic N) is 2. The first-order valence-electron chi connectivity index (χ1n) is 8.86. The number of benzene rings is 3. The van der Waals surface area contributed by atoms with Crippen LogP contribution in [-0.4, -0.2) is 26.9 Å². The number of hydrogen-bond donors (Lipinski definition) is 3. The van der Waals surface area contributed by atoms with Crippen molar-refractivity contribution in [3.8, 4) is 11.3 Å². The number of primary amides is 1. The molecule has 0 aliphatic heterocycles. The first-order chi connectivity index (χ1) is 14.4. The molecule has 0 radical (unpaired) electrons. The number of aromatic amines is 1. The molecule has 0 fully saturated rings. The second-order valence-corrected chi connectivity index (χ2v) is 6.54. The molecule has 9 heteroatoms. The molecule has 1 heterocycles. The molecule has 0 aliphatic carbocycles. The molecule has 4 aromatic rings. The van der Waals surface area contributed by atoms with Crippen molar-refractivity contribution in [3.63, 3.8) is 0 Å². The zero-order valence-corrected chi connectivity index (χ0v) is 15.5. The third-order valence-electron chi connectivity index (χ3n) is 4.56. The number of nitro benzene ring substituents is 1. The molecule has 148 valence electrons. The predicted molar refractivity (Wildman–Crippen MR) is 111 cm³/mol. The number of anilines is 1. The quantitative estimate of drug-likeness (QED) is 0.346. The Bertz CT molecular complexity index is 1310. The average molecular weight is 401 g/mol. The summed E-state index contributed by atoms with van der Waals surface area (Å²) in [6, 6.07) is 17.4. The number of H-pyrrole nitrogens is 1. The number of non-ortho nitro benzene ring substituents is 1.